The molecule has 320 valence electrons. The number of ether oxygens (including phenoxy) is 2. The van der Waals surface area contributed by atoms with E-state index in [1.165, 1.54) is 122 Å². The van der Waals surface area contributed by atoms with Crippen molar-refractivity contribution in [2.24, 2.45) is 5.73 Å². The summed E-state index contributed by atoms with van der Waals surface area (Å²) in [5.74, 6) is -0.455. The average molecular weight is 794 g/mol. The second-order valence-corrected chi connectivity index (χ2v) is 16.0. The number of allylic oxidation sites excluding steroid dienone is 9. The monoisotopic (exact) mass is 794 g/mol. The molecule has 0 bridgehead atoms. The van der Waals surface area contributed by atoms with Crippen molar-refractivity contribution < 1.29 is 32.8 Å². The van der Waals surface area contributed by atoms with Gasteiger partial charge in [-0.15, -0.1) is 0 Å². The fourth-order valence-corrected chi connectivity index (χ4v) is 6.78. The van der Waals surface area contributed by atoms with Gasteiger partial charge < -0.3 is 20.1 Å². The van der Waals surface area contributed by atoms with Crippen molar-refractivity contribution in [1.82, 2.24) is 0 Å². The van der Waals surface area contributed by atoms with Crippen LogP contribution in [-0.4, -0.2) is 49.9 Å². The van der Waals surface area contributed by atoms with Gasteiger partial charge in [-0.05, 0) is 38.5 Å². The lowest BCUT2D eigenvalue weighted by molar-refractivity contribution is -0.153. The number of hydrogen-bond donors (Lipinski definition) is 2. The van der Waals surface area contributed by atoms with Crippen molar-refractivity contribution in [2.75, 3.05) is 33.0 Å². The van der Waals surface area contributed by atoms with Crippen molar-refractivity contribution in [3.8, 4) is 0 Å². The van der Waals surface area contributed by atoms with E-state index in [4.69, 9.17) is 24.3 Å². The lowest BCUT2D eigenvalue weighted by atomic mass is 10.0. The number of nitrogens with two attached hydrogens (primary N) is 1. The van der Waals surface area contributed by atoms with Crippen molar-refractivity contribution in [3.05, 3.63) is 60.8 Å². The Hall–Kier alpha value is -1.80. The highest BCUT2D eigenvalue weighted by Gasteiger charge is 2.25. The molecule has 9 heteroatoms. The third kappa shape index (κ3) is 43.2. The highest BCUT2D eigenvalue weighted by molar-refractivity contribution is 7.47. The lowest BCUT2D eigenvalue weighted by Crippen LogP contribution is -2.28. The molecule has 0 aromatic carbocycles. The summed E-state index contributed by atoms with van der Waals surface area (Å²) in [6.45, 7) is 4.69. The second kappa shape index (κ2) is 43.3. The molecule has 3 N–H and O–H groups in total. The molecule has 8 nitrogen and oxygen atoms in total. The van der Waals surface area contributed by atoms with Crippen LogP contribution in [-0.2, 0) is 27.9 Å². The zero-order valence-corrected chi connectivity index (χ0v) is 36.3. The van der Waals surface area contributed by atoms with E-state index in [2.05, 4.69) is 62.5 Å². The van der Waals surface area contributed by atoms with Crippen LogP contribution in [0, 0.1) is 0 Å². The number of unbranched alkanes of at least 4 members (excludes halogenated alkanes) is 20. The molecule has 0 aliphatic heterocycles. The molecule has 0 aliphatic carbocycles. The third-order valence-corrected chi connectivity index (χ3v) is 10.2. The Balaban J connectivity index is 4.06. The minimum absolute atomic E-state index is 0.0769. The molecular formula is C46H84NO7P. The average Bonchev–Trinajstić information content (AvgIpc) is 3.17. The van der Waals surface area contributed by atoms with E-state index in [1.54, 1.807) is 6.08 Å². The van der Waals surface area contributed by atoms with Gasteiger partial charge in [0.2, 0.25) is 0 Å². The predicted octanol–water partition coefficient (Wildman–Crippen LogP) is 13.4. The summed E-state index contributed by atoms with van der Waals surface area (Å²) in [4.78, 5) is 22.4. The molecule has 0 saturated heterocycles. The molecule has 0 aromatic rings. The van der Waals surface area contributed by atoms with Crippen LogP contribution in [0.5, 0.6) is 0 Å². The number of phosphoric ester groups is 1. The molecule has 0 rings (SSSR count). The van der Waals surface area contributed by atoms with Crippen molar-refractivity contribution in [2.45, 2.75) is 193 Å². The van der Waals surface area contributed by atoms with Gasteiger partial charge in [0.25, 0.3) is 0 Å². The Labute approximate surface area is 338 Å². The second-order valence-electron chi connectivity index (χ2n) is 14.6. The van der Waals surface area contributed by atoms with E-state index >= 15 is 0 Å². The fourth-order valence-electron chi connectivity index (χ4n) is 6.01. The summed E-state index contributed by atoms with van der Waals surface area (Å²) in [5, 5.41) is 0. The summed E-state index contributed by atoms with van der Waals surface area (Å²) < 4.78 is 33.3. The maximum atomic E-state index is 12.5. The SMILES string of the molecule is CC/C=C\C/C=C\C/C=C\C/C=C\C/C=C\CC(=O)OC(COCCCCCCCCCCCCCCCCCCCCCCC)COP(=O)(O)OCCN. The van der Waals surface area contributed by atoms with E-state index in [9.17, 15) is 14.3 Å². The van der Waals surface area contributed by atoms with Gasteiger partial charge in [0.05, 0.1) is 26.2 Å². The third-order valence-electron chi connectivity index (χ3n) is 9.23. The van der Waals surface area contributed by atoms with E-state index in [0.29, 0.717) is 13.0 Å². The maximum Gasteiger partial charge on any atom is 0.472 e. The van der Waals surface area contributed by atoms with Gasteiger partial charge in [0.15, 0.2) is 0 Å². The Kier molecular flexibility index (Phi) is 41.9. The molecule has 0 spiro atoms. The van der Waals surface area contributed by atoms with Gasteiger partial charge >= 0.3 is 13.8 Å². The molecule has 2 unspecified atom stereocenters. The Morgan fingerprint density at radius 1 is 0.545 bits per heavy atom. The molecule has 0 aromatic heterocycles. The Morgan fingerprint density at radius 3 is 1.36 bits per heavy atom. The zero-order valence-electron chi connectivity index (χ0n) is 35.4. The molecule has 0 saturated carbocycles. The van der Waals surface area contributed by atoms with E-state index < -0.39 is 19.9 Å². The number of hydrogen-bond acceptors (Lipinski definition) is 7. The van der Waals surface area contributed by atoms with Gasteiger partial charge in [-0.25, -0.2) is 4.57 Å². The minimum atomic E-state index is -4.30. The number of carbonyl (C=O) groups excluding carboxylic acids is 1. The van der Waals surface area contributed by atoms with Crippen LogP contribution in [0.1, 0.15) is 187 Å². The number of rotatable bonds is 42. The van der Waals surface area contributed by atoms with Gasteiger partial charge in [-0.3, -0.25) is 13.8 Å². The fraction of sp³-hybridized carbons (Fsp3) is 0.761. The van der Waals surface area contributed by atoms with E-state index in [0.717, 1.165) is 38.5 Å². The smallest absolute Gasteiger partial charge is 0.457 e. The van der Waals surface area contributed by atoms with Crippen LogP contribution in [0.2, 0.25) is 0 Å². The Morgan fingerprint density at radius 2 is 0.945 bits per heavy atom. The van der Waals surface area contributed by atoms with Gasteiger partial charge in [-0.1, -0.05) is 203 Å². The maximum absolute atomic E-state index is 12.5. The highest BCUT2D eigenvalue weighted by Crippen LogP contribution is 2.43. The van der Waals surface area contributed by atoms with Gasteiger partial charge in [0.1, 0.15) is 6.10 Å². The van der Waals surface area contributed by atoms with Crippen LogP contribution in [0.25, 0.3) is 0 Å². The lowest BCUT2D eigenvalue weighted by Gasteiger charge is -2.19. The first-order valence-corrected chi connectivity index (χ1v) is 23.8. The van der Waals surface area contributed by atoms with Crippen molar-refractivity contribution in [3.63, 3.8) is 0 Å². The molecule has 0 aliphatic rings. The summed E-state index contributed by atoms with van der Waals surface area (Å²) >= 11 is 0. The highest BCUT2D eigenvalue weighted by atomic mass is 31.2. The zero-order chi connectivity index (χ0) is 40.2. The topological polar surface area (TPSA) is 117 Å². The molecule has 55 heavy (non-hydrogen) atoms. The normalized spacial score (nSPS) is 14.0. The first kappa shape index (κ1) is 53.2. The molecule has 0 radical (unpaired) electrons. The quantitative estimate of drug-likeness (QED) is 0.0271. The Bertz CT molecular complexity index is 1030. The van der Waals surface area contributed by atoms with Crippen LogP contribution in [0.15, 0.2) is 60.8 Å². The number of esters is 1. The van der Waals surface area contributed by atoms with Gasteiger partial charge in [-0.2, -0.15) is 0 Å². The van der Waals surface area contributed by atoms with Crippen molar-refractivity contribution in [1.29, 1.82) is 0 Å². The van der Waals surface area contributed by atoms with Gasteiger partial charge in [0, 0.05) is 13.2 Å². The number of phosphoric acid groups is 1. The van der Waals surface area contributed by atoms with Crippen LogP contribution < -0.4 is 5.73 Å². The number of carbonyl (C=O) groups is 1. The van der Waals surface area contributed by atoms with E-state index in [-0.39, 0.29) is 32.8 Å². The molecule has 0 amide bonds. The summed E-state index contributed by atoms with van der Waals surface area (Å²) in [6.07, 6.45) is 52.8. The standard InChI is InChI=1S/C46H84NO7P/c1-3-5-7-9-11-13-15-17-19-20-21-22-23-24-26-28-30-32-34-36-38-41-51-43-45(44-53-55(49,50)52-42-40-47)54-46(48)39-37-35-33-31-29-27-25-18-16-14-12-10-8-6-4-2/h6,8,12,14,18,25,29,31,35,37,45H,3-5,7,9-11,13,15-17,19-24,26-28,30,32-34,36,38-44,47H2,1-2H3,(H,49,50)/b8-6-,14-12-,25-18-,31-29-,37-35-. The van der Waals surface area contributed by atoms with Crippen LogP contribution >= 0.6 is 7.82 Å². The summed E-state index contributed by atoms with van der Waals surface area (Å²) in [7, 11) is -4.30. The minimum Gasteiger partial charge on any atom is -0.457 e. The largest absolute Gasteiger partial charge is 0.472 e. The van der Waals surface area contributed by atoms with Crippen LogP contribution in [0.4, 0.5) is 0 Å². The molecule has 0 heterocycles. The summed E-state index contributed by atoms with van der Waals surface area (Å²) in [6, 6.07) is 0. The molecular weight excluding hydrogens is 709 g/mol. The van der Waals surface area contributed by atoms with Crippen molar-refractivity contribution >= 4 is 13.8 Å². The summed E-state index contributed by atoms with van der Waals surface area (Å²) in [5.41, 5.74) is 5.36. The molecule has 0 fully saturated rings. The first-order chi connectivity index (χ1) is 26.9. The van der Waals surface area contributed by atoms with E-state index in [1.807, 2.05) is 6.08 Å². The van der Waals surface area contributed by atoms with Crippen LogP contribution in [0.3, 0.4) is 0 Å². The predicted molar refractivity (Wildman–Crippen MR) is 233 cm³/mol. The first-order valence-electron chi connectivity index (χ1n) is 22.3. The molecule has 2 atom stereocenters.